The van der Waals surface area contributed by atoms with Crippen LogP contribution < -0.4 is 9.47 Å². The Morgan fingerprint density at radius 1 is 0.867 bits per heavy atom. The van der Waals surface area contributed by atoms with Crippen molar-refractivity contribution in [3.8, 4) is 11.5 Å². The van der Waals surface area contributed by atoms with Crippen molar-refractivity contribution in [3.05, 3.63) is 59.7 Å². The molecule has 0 aliphatic rings. The highest BCUT2D eigenvalue weighted by Crippen LogP contribution is 2.38. The van der Waals surface area contributed by atoms with E-state index in [4.69, 9.17) is 9.47 Å². The van der Waals surface area contributed by atoms with E-state index in [-0.39, 0.29) is 0 Å². The molecule has 0 heterocycles. The number of halogens is 2. The summed E-state index contributed by atoms with van der Waals surface area (Å²) in [6.07, 6.45) is 9.15. The van der Waals surface area contributed by atoms with Crippen LogP contribution in [0, 0.1) is 0 Å². The van der Waals surface area contributed by atoms with Crippen LogP contribution in [0.5, 0.6) is 11.5 Å². The van der Waals surface area contributed by atoms with Gasteiger partial charge >= 0.3 is 0 Å². The fourth-order valence-corrected chi connectivity index (χ4v) is 5.04. The van der Waals surface area contributed by atoms with Gasteiger partial charge in [-0.25, -0.2) is 0 Å². The van der Waals surface area contributed by atoms with Gasteiger partial charge in [0, 0.05) is 16.1 Å². The summed E-state index contributed by atoms with van der Waals surface area (Å²) in [6.45, 7) is 3.00. The molecule has 166 valence electrons. The van der Waals surface area contributed by atoms with Crippen molar-refractivity contribution >= 4 is 31.9 Å². The summed E-state index contributed by atoms with van der Waals surface area (Å²) in [5, 5.41) is 1.04. The van der Waals surface area contributed by atoms with Crippen molar-refractivity contribution in [1.82, 2.24) is 0 Å². The quantitative estimate of drug-likeness (QED) is 0.167. The van der Waals surface area contributed by atoms with Crippen molar-refractivity contribution in [2.45, 2.75) is 69.0 Å². The largest absolute Gasteiger partial charge is 0.496 e. The van der Waals surface area contributed by atoms with Crippen molar-refractivity contribution < 1.29 is 9.47 Å². The summed E-state index contributed by atoms with van der Waals surface area (Å²) < 4.78 is 11.6. The third-order valence-electron chi connectivity index (χ3n) is 5.53. The zero-order valence-corrected chi connectivity index (χ0v) is 21.6. The van der Waals surface area contributed by atoms with Crippen molar-refractivity contribution in [2.24, 2.45) is 0 Å². The summed E-state index contributed by atoms with van der Waals surface area (Å²) in [6, 6.07) is 17.0. The Morgan fingerprint density at radius 3 is 2.33 bits per heavy atom. The third-order valence-corrected chi connectivity index (χ3v) is 7.18. The molecule has 2 nitrogen and oxygen atoms in total. The second kappa shape index (κ2) is 14.9. The highest BCUT2D eigenvalue weighted by molar-refractivity contribution is 9.09. The number of benzene rings is 2. The molecule has 4 heteroatoms. The van der Waals surface area contributed by atoms with Crippen molar-refractivity contribution in [2.75, 3.05) is 19.0 Å². The molecule has 2 aromatic carbocycles. The molecular formula is C26H36Br2O2. The topological polar surface area (TPSA) is 18.5 Å². The zero-order chi connectivity index (χ0) is 21.6. The van der Waals surface area contributed by atoms with E-state index in [1.54, 1.807) is 7.11 Å². The summed E-state index contributed by atoms with van der Waals surface area (Å²) in [7, 11) is 1.75. The molecule has 2 aromatic rings. The standard InChI is InChI=1S/C26H36Br2O2/c1-3-4-20-30-26-18-10-7-14-23(26)22(15-11-19-27)24(28)16-8-5-12-21-13-6-9-17-25(21)29-2/h6-7,9-10,13-14,17-18,22,24H,3-5,8,11-12,15-16,19-20H2,1-2H3. The highest BCUT2D eigenvalue weighted by Gasteiger charge is 2.23. The van der Waals surface area contributed by atoms with Crippen LogP contribution in [0.15, 0.2) is 48.5 Å². The van der Waals surface area contributed by atoms with Gasteiger partial charge in [-0.3, -0.25) is 0 Å². The minimum Gasteiger partial charge on any atom is -0.496 e. The van der Waals surface area contributed by atoms with E-state index in [2.05, 4.69) is 81.2 Å². The lowest BCUT2D eigenvalue weighted by Crippen LogP contribution is -2.15. The molecule has 0 saturated heterocycles. The Bertz CT molecular complexity index is 720. The molecule has 0 aliphatic carbocycles. The predicted octanol–water partition coefficient (Wildman–Crippen LogP) is 8.31. The molecule has 2 atom stereocenters. The molecule has 0 fully saturated rings. The van der Waals surface area contributed by atoms with Gasteiger partial charge in [0.1, 0.15) is 11.5 Å². The summed E-state index contributed by atoms with van der Waals surface area (Å²) >= 11 is 7.66. The molecular weight excluding hydrogens is 504 g/mol. The van der Waals surface area contributed by atoms with E-state index in [9.17, 15) is 0 Å². The maximum absolute atomic E-state index is 6.15. The van der Waals surface area contributed by atoms with E-state index >= 15 is 0 Å². The highest BCUT2D eigenvalue weighted by atomic mass is 79.9. The minimum absolute atomic E-state index is 0.449. The number of hydrogen-bond donors (Lipinski definition) is 0. The smallest absolute Gasteiger partial charge is 0.122 e. The predicted molar refractivity (Wildman–Crippen MR) is 136 cm³/mol. The molecule has 0 saturated carbocycles. The van der Waals surface area contributed by atoms with E-state index in [0.717, 1.165) is 62.0 Å². The first-order valence-corrected chi connectivity index (χ1v) is 13.3. The molecule has 2 rings (SSSR count). The number of ether oxygens (including phenoxy) is 2. The van der Waals surface area contributed by atoms with Crippen LogP contribution in [-0.2, 0) is 6.42 Å². The summed E-state index contributed by atoms with van der Waals surface area (Å²) in [5.74, 6) is 2.52. The number of aryl methyl sites for hydroxylation is 1. The number of para-hydroxylation sites is 2. The van der Waals surface area contributed by atoms with Crippen LogP contribution in [0.3, 0.4) is 0 Å². The normalized spacial score (nSPS) is 13.1. The van der Waals surface area contributed by atoms with Crippen LogP contribution in [0.1, 0.15) is 68.9 Å². The fourth-order valence-electron chi connectivity index (χ4n) is 3.84. The molecule has 0 aromatic heterocycles. The molecule has 0 spiro atoms. The average molecular weight is 540 g/mol. The Labute approximate surface area is 200 Å². The number of rotatable bonds is 15. The van der Waals surface area contributed by atoms with Gasteiger partial charge in [0.25, 0.3) is 0 Å². The Hall–Kier alpha value is -1.00. The first kappa shape index (κ1) is 25.3. The monoisotopic (exact) mass is 538 g/mol. The average Bonchev–Trinajstić information content (AvgIpc) is 2.78. The van der Waals surface area contributed by atoms with Crippen molar-refractivity contribution in [1.29, 1.82) is 0 Å². The van der Waals surface area contributed by atoms with Gasteiger partial charge in [0.05, 0.1) is 13.7 Å². The molecule has 0 amide bonds. The molecule has 0 radical (unpaired) electrons. The lowest BCUT2D eigenvalue weighted by atomic mass is 9.88. The first-order chi connectivity index (χ1) is 14.7. The van der Waals surface area contributed by atoms with Gasteiger partial charge in [-0.05, 0) is 61.8 Å². The molecule has 2 unspecified atom stereocenters. The van der Waals surface area contributed by atoms with Gasteiger partial charge in [0.2, 0.25) is 0 Å². The first-order valence-electron chi connectivity index (χ1n) is 11.2. The zero-order valence-electron chi connectivity index (χ0n) is 18.4. The second-order valence-electron chi connectivity index (χ2n) is 7.75. The number of hydrogen-bond acceptors (Lipinski definition) is 2. The van der Waals surface area contributed by atoms with Gasteiger partial charge < -0.3 is 9.47 Å². The second-order valence-corrected chi connectivity index (χ2v) is 9.72. The Kier molecular flexibility index (Phi) is 12.6. The van der Waals surface area contributed by atoms with Gasteiger partial charge in [-0.1, -0.05) is 88.0 Å². The van der Waals surface area contributed by atoms with E-state index in [0.29, 0.717) is 10.7 Å². The van der Waals surface area contributed by atoms with Crippen LogP contribution in [0.25, 0.3) is 0 Å². The lowest BCUT2D eigenvalue weighted by molar-refractivity contribution is 0.303. The van der Waals surface area contributed by atoms with Crippen LogP contribution >= 0.6 is 31.9 Å². The molecule has 0 bridgehead atoms. The SMILES string of the molecule is CCCCOc1ccccc1C(CCCBr)C(Br)CCCCc1ccccc1OC. The molecule has 30 heavy (non-hydrogen) atoms. The maximum atomic E-state index is 6.15. The summed E-state index contributed by atoms with van der Waals surface area (Å²) in [4.78, 5) is 0.449. The van der Waals surface area contributed by atoms with Gasteiger partial charge in [-0.2, -0.15) is 0 Å². The Morgan fingerprint density at radius 2 is 1.60 bits per heavy atom. The number of methoxy groups -OCH3 is 1. The molecule has 0 aliphatic heterocycles. The number of alkyl halides is 2. The number of unbranched alkanes of at least 4 members (excludes halogenated alkanes) is 2. The maximum Gasteiger partial charge on any atom is 0.122 e. The fraction of sp³-hybridized carbons (Fsp3) is 0.538. The van der Waals surface area contributed by atoms with Crippen molar-refractivity contribution in [3.63, 3.8) is 0 Å². The molecule has 0 N–H and O–H groups in total. The third kappa shape index (κ3) is 8.26. The lowest BCUT2D eigenvalue weighted by Gasteiger charge is -2.25. The van der Waals surface area contributed by atoms with E-state index in [1.807, 2.05) is 6.07 Å². The van der Waals surface area contributed by atoms with Crippen LogP contribution in [0.4, 0.5) is 0 Å². The van der Waals surface area contributed by atoms with E-state index in [1.165, 1.54) is 24.0 Å². The van der Waals surface area contributed by atoms with Gasteiger partial charge in [0.15, 0.2) is 0 Å². The summed E-state index contributed by atoms with van der Waals surface area (Å²) in [5.41, 5.74) is 2.65. The van der Waals surface area contributed by atoms with Crippen LogP contribution in [0.2, 0.25) is 0 Å². The van der Waals surface area contributed by atoms with Crippen LogP contribution in [-0.4, -0.2) is 23.9 Å². The van der Waals surface area contributed by atoms with Gasteiger partial charge in [-0.15, -0.1) is 0 Å². The minimum atomic E-state index is 0.449. The van der Waals surface area contributed by atoms with E-state index < -0.39 is 0 Å². The Balaban J connectivity index is 1.97.